The Kier molecular flexibility index (Phi) is 5.37. The monoisotopic (exact) mass is 288 g/mol. The van der Waals surface area contributed by atoms with Gasteiger partial charge in [-0.25, -0.2) is 4.99 Å². The Hall–Kier alpha value is -1.84. The number of benzene rings is 1. The van der Waals surface area contributed by atoms with Crippen LogP contribution in [0.4, 0.5) is 0 Å². The number of hydrogen-bond donors (Lipinski definition) is 1. The van der Waals surface area contributed by atoms with E-state index in [2.05, 4.69) is 31.0 Å². The number of nitrogens with two attached hydrogens (primary N) is 1. The van der Waals surface area contributed by atoms with Crippen LogP contribution in [0, 0.1) is 11.8 Å². The van der Waals surface area contributed by atoms with Crippen molar-refractivity contribution in [1.29, 1.82) is 0 Å². The molecule has 1 aliphatic heterocycles. The lowest BCUT2D eigenvalue weighted by Gasteiger charge is -2.14. The zero-order chi connectivity index (χ0) is 15.2. The molecule has 0 bridgehead atoms. The molecule has 1 aromatic rings. The number of amides is 1. The molecule has 2 rings (SSSR count). The molecule has 1 aromatic carbocycles. The number of hydrogen-bond acceptors (Lipinski definition) is 3. The van der Waals surface area contributed by atoms with Gasteiger partial charge in [-0.3, -0.25) is 4.79 Å². The molecule has 0 spiro atoms. The first-order valence-corrected chi connectivity index (χ1v) is 7.57. The van der Waals surface area contributed by atoms with Gasteiger partial charge in [-0.1, -0.05) is 44.2 Å². The van der Waals surface area contributed by atoms with Gasteiger partial charge in [0.25, 0.3) is 0 Å². The van der Waals surface area contributed by atoms with Crippen LogP contribution in [-0.4, -0.2) is 24.5 Å². The van der Waals surface area contributed by atoms with Gasteiger partial charge in [0, 0.05) is 12.3 Å². The summed E-state index contributed by atoms with van der Waals surface area (Å²) in [6, 6.07) is 10.3. The van der Waals surface area contributed by atoms with Crippen molar-refractivity contribution in [2.75, 3.05) is 6.61 Å². The molecule has 4 nitrogen and oxygen atoms in total. The third kappa shape index (κ3) is 4.88. The van der Waals surface area contributed by atoms with Crippen molar-refractivity contribution in [3.8, 4) is 0 Å². The second-order valence-corrected chi connectivity index (χ2v) is 6.12. The molecule has 21 heavy (non-hydrogen) atoms. The summed E-state index contributed by atoms with van der Waals surface area (Å²) in [7, 11) is 0. The molecular weight excluding hydrogens is 264 g/mol. The molecule has 0 aliphatic carbocycles. The molecule has 1 amide bonds. The molecule has 0 radical (unpaired) electrons. The predicted octanol–water partition coefficient (Wildman–Crippen LogP) is 2.56. The Labute approximate surface area is 126 Å². The summed E-state index contributed by atoms with van der Waals surface area (Å²) in [5.41, 5.74) is 6.55. The van der Waals surface area contributed by atoms with Crippen LogP contribution in [0.3, 0.4) is 0 Å². The van der Waals surface area contributed by atoms with E-state index in [-0.39, 0.29) is 24.3 Å². The molecule has 0 saturated carbocycles. The summed E-state index contributed by atoms with van der Waals surface area (Å²) in [5.74, 6) is 0.922. The maximum absolute atomic E-state index is 11.3. The summed E-state index contributed by atoms with van der Waals surface area (Å²) in [6.07, 6.45) is 2.03. The van der Waals surface area contributed by atoms with Crippen LogP contribution in [0.25, 0.3) is 0 Å². The summed E-state index contributed by atoms with van der Waals surface area (Å²) in [6.45, 7) is 4.98. The Morgan fingerprint density at radius 1 is 1.38 bits per heavy atom. The zero-order valence-electron chi connectivity index (χ0n) is 12.8. The summed E-state index contributed by atoms with van der Waals surface area (Å²) >= 11 is 0. The van der Waals surface area contributed by atoms with Crippen LogP contribution >= 0.6 is 0 Å². The molecule has 0 unspecified atom stereocenters. The number of aliphatic imine (C=N–C) groups is 1. The van der Waals surface area contributed by atoms with Crippen LogP contribution in [-0.2, 0) is 16.0 Å². The van der Waals surface area contributed by atoms with Crippen molar-refractivity contribution >= 4 is 11.8 Å². The molecule has 114 valence electrons. The Balaban J connectivity index is 2.07. The van der Waals surface area contributed by atoms with Crippen molar-refractivity contribution in [2.24, 2.45) is 22.6 Å². The fraction of sp³-hybridized carbons (Fsp3) is 0.529. The number of primary amides is 1. The van der Waals surface area contributed by atoms with Gasteiger partial charge >= 0.3 is 0 Å². The van der Waals surface area contributed by atoms with E-state index in [9.17, 15) is 4.79 Å². The lowest BCUT2D eigenvalue weighted by Crippen LogP contribution is -2.24. The second-order valence-electron chi connectivity index (χ2n) is 6.12. The molecule has 1 heterocycles. The van der Waals surface area contributed by atoms with E-state index in [4.69, 9.17) is 10.5 Å². The van der Waals surface area contributed by atoms with Crippen LogP contribution in [0.1, 0.15) is 32.3 Å². The Morgan fingerprint density at radius 3 is 2.71 bits per heavy atom. The average molecular weight is 288 g/mol. The third-order valence-corrected chi connectivity index (χ3v) is 3.60. The minimum atomic E-state index is -0.311. The molecule has 0 aromatic heterocycles. The SMILES string of the molecule is CC(C)C[C@@H]1COC([C@H](CC(N)=O)Cc2ccccc2)=N1. The minimum absolute atomic E-state index is 0.0536. The van der Waals surface area contributed by atoms with E-state index in [1.807, 2.05) is 18.2 Å². The highest BCUT2D eigenvalue weighted by Crippen LogP contribution is 2.22. The standard InChI is InChI=1S/C17H24N2O2/c1-12(2)8-15-11-21-17(19-15)14(10-16(18)20)9-13-6-4-3-5-7-13/h3-7,12,14-15H,8-11H2,1-2H3,(H2,18,20)/t14-,15+/m0/s1. The number of nitrogens with zero attached hydrogens (tertiary/aromatic N) is 1. The smallest absolute Gasteiger partial charge is 0.218 e. The highest BCUT2D eigenvalue weighted by molar-refractivity contribution is 5.86. The topological polar surface area (TPSA) is 64.7 Å². The largest absolute Gasteiger partial charge is 0.478 e. The third-order valence-electron chi connectivity index (χ3n) is 3.60. The van der Waals surface area contributed by atoms with Crippen molar-refractivity contribution in [1.82, 2.24) is 0 Å². The number of carbonyl (C=O) groups is 1. The maximum atomic E-state index is 11.3. The minimum Gasteiger partial charge on any atom is -0.478 e. The van der Waals surface area contributed by atoms with Gasteiger partial charge in [0.05, 0.1) is 6.04 Å². The van der Waals surface area contributed by atoms with Crippen molar-refractivity contribution < 1.29 is 9.53 Å². The maximum Gasteiger partial charge on any atom is 0.218 e. The predicted molar refractivity (Wildman–Crippen MR) is 84.1 cm³/mol. The van der Waals surface area contributed by atoms with E-state index in [1.54, 1.807) is 0 Å². The molecule has 4 heteroatoms. The summed E-state index contributed by atoms with van der Waals surface area (Å²) < 4.78 is 5.74. The molecule has 0 saturated heterocycles. The average Bonchev–Trinajstić information content (AvgIpc) is 2.86. The second kappa shape index (κ2) is 7.25. The van der Waals surface area contributed by atoms with Crippen LogP contribution < -0.4 is 5.73 Å². The zero-order valence-corrected chi connectivity index (χ0v) is 12.8. The highest BCUT2D eigenvalue weighted by atomic mass is 16.5. The molecular formula is C17H24N2O2. The van der Waals surface area contributed by atoms with Gasteiger partial charge in [0.1, 0.15) is 6.61 Å². The van der Waals surface area contributed by atoms with Gasteiger partial charge in [0.15, 0.2) is 5.90 Å². The number of carbonyl (C=O) groups excluding carboxylic acids is 1. The molecule has 2 atom stereocenters. The van der Waals surface area contributed by atoms with E-state index < -0.39 is 0 Å². The van der Waals surface area contributed by atoms with Crippen molar-refractivity contribution in [2.45, 2.75) is 39.2 Å². The van der Waals surface area contributed by atoms with Crippen LogP contribution in [0.2, 0.25) is 0 Å². The van der Waals surface area contributed by atoms with Crippen LogP contribution in [0.5, 0.6) is 0 Å². The molecule has 0 fully saturated rings. The molecule has 1 aliphatic rings. The van der Waals surface area contributed by atoms with E-state index in [0.717, 1.165) is 12.8 Å². The molecule has 2 N–H and O–H groups in total. The van der Waals surface area contributed by atoms with Crippen molar-refractivity contribution in [3.63, 3.8) is 0 Å². The Morgan fingerprint density at radius 2 is 2.10 bits per heavy atom. The first-order chi connectivity index (χ1) is 10.0. The van der Waals surface area contributed by atoms with Crippen LogP contribution in [0.15, 0.2) is 35.3 Å². The normalized spacial score (nSPS) is 19.2. The summed E-state index contributed by atoms with van der Waals surface area (Å²) in [5, 5.41) is 0. The summed E-state index contributed by atoms with van der Waals surface area (Å²) in [4.78, 5) is 16.0. The quantitative estimate of drug-likeness (QED) is 0.838. The van der Waals surface area contributed by atoms with E-state index in [1.165, 1.54) is 5.56 Å². The van der Waals surface area contributed by atoms with Gasteiger partial charge < -0.3 is 10.5 Å². The highest BCUT2D eigenvalue weighted by Gasteiger charge is 2.27. The van der Waals surface area contributed by atoms with Gasteiger partial charge in [-0.2, -0.15) is 0 Å². The fourth-order valence-electron chi connectivity index (χ4n) is 2.71. The lowest BCUT2D eigenvalue weighted by molar-refractivity contribution is -0.118. The van der Waals surface area contributed by atoms with Gasteiger partial charge in [-0.15, -0.1) is 0 Å². The van der Waals surface area contributed by atoms with Gasteiger partial charge in [0.2, 0.25) is 5.91 Å². The first kappa shape index (κ1) is 15.5. The van der Waals surface area contributed by atoms with Crippen molar-refractivity contribution in [3.05, 3.63) is 35.9 Å². The Bertz CT molecular complexity index is 497. The number of ether oxygens (including phenoxy) is 1. The van der Waals surface area contributed by atoms with E-state index in [0.29, 0.717) is 18.4 Å². The fourth-order valence-corrected chi connectivity index (χ4v) is 2.71. The first-order valence-electron chi connectivity index (χ1n) is 7.57. The number of rotatable bonds is 7. The lowest BCUT2D eigenvalue weighted by atomic mass is 9.95. The van der Waals surface area contributed by atoms with E-state index >= 15 is 0 Å². The van der Waals surface area contributed by atoms with Gasteiger partial charge in [-0.05, 0) is 24.3 Å².